The van der Waals surface area contributed by atoms with E-state index in [1.165, 1.54) is 0 Å². The van der Waals surface area contributed by atoms with Gasteiger partial charge in [-0.3, -0.25) is 9.78 Å². The van der Waals surface area contributed by atoms with Gasteiger partial charge in [0.05, 0.1) is 14.2 Å². The second-order valence-electron chi connectivity index (χ2n) is 7.45. The van der Waals surface area contributed by atoms with E-state index >= 15 is 0 Å². The van der Waals surface area contributed by atoms with Gasteiger partial charge in [0, 0.05) is 44.0 Å². The van der Waals surface area contributed by atoms with E-state index in [4.69, 9.17) is 14.2 Å². The van der Waals surface area contributed by atoms with E-state index in [0.29, 0.717) is 37.7 Å². The summed E-state index contributed by atoms with van der Waals surface area (Å²) < 4.78 is 16.4. The van der Waals surface area contributed by atoms with Crippen LogP contribution in [0.5, 0.6) is 11.5 Å². The molecule has 156 valence electrons. The normalized spacial score (nSPS) is 15.5. The lowest BCUT2D eigenvalue weighted by molar-refractivity contribution is -0.121. The molecule has 0 radical (unpaired) electrons. The van der Waals surface area contributed by atoms with Crippen molar-refractivity contribution >= 4 is 5.91 Å². The van der Waals surface area contributed by atoms with Gasteiger partial charge in [0.15, 0.2) is 11.5 Å². The summed E-state index contributed by atoms with van der Waals surface area (Å²) in [6.07, 6.45) is 7.51. The van der Waals surface area contributed by atoms with Gasteiger partial charge in [-0.25, -0.2) is 0 Å². The topological polar surface area (TPSA) is 69.7 Å². The van der Waals surface area contributed by atoms with Crippen molar-refractivity contribution in [3.63, 3.8) is 0 Å². The number of carbonyl (C=O) groups is 1. The molecule has 0 unspecified atom stereocenters. The van der Waals surface area contributed by atoms with Crippen LogP contribution < -0.4 is 14.8 Å². The second-order valence-corrected chi connectivity index (χ2v) is 7.45. The van der Waals surface area contributed by atoms with Crippen LogP contribution in [-0.2, 0) is 21.4 Å². The molecule has 29 heavy (non-hydrogen) atoms. The number of nitrogens with zero attached hydrogens (tertiary/aromatic N) is 1. The lowest BCUT2D eigenvalue weighted by Gasteiger charge is -2.38. The van der Waals surface area contributed by atoms with Crippen LogP contribution in [0.4, 0.5) is 0 Å². The van der Waals surface area contributed by atoms with Crippen LogP contribution in [-0.4, -0.2) is 44.9 Å². The van der Waals surface area contributed by atoms with Crippen LogP contribution in [0, 0.1) is 0 Å². The Hall–Kier alpha value is -2.60. The number of methoxy groups -OCH3 is 2. The fourth-order valence-corrected chi connectivity index (χ4v) is 3.85. The third-order valence-corrected chi connectivity index (χ3v) is 5.66. The number of benzene rings is 1. The Balaban J connectivity index is 1.62. The van der Waals surface area contributed by atoms with Gasteiger partial charge in [0.1, 0.15) is 0 Å². The van der Waals surface area contributed by atoms with Crippen LogP contribution in [0.25, 0.3) is 0 Å². The van der Waals surface area contributed by atoms with E-state index < -0.39 is 0 Å². The molecule has 2 aromatic rings. The summed E-state index contributed by atoms with van der Waals surface area (Å²) >= 11 is 0. The lowest BCUT2D eigenvalue weighted by Crippen LogP contribution is -2.44. The summed E-state index contributed by atoms with van der Waals surface area (Å²) in [5.41, 5.74) is 2.15. The van der Waals surface area contributed by atoms with E-state index in [1.807, 2.05) is 30.5 Å². The molecule has 1 saturated heterocycles. The van der Waals surface area contributed by atoms with Crippen molar-refractivity contribution in [3.05, 3.63) is 53.9 Å². The van der Waals surface area contributed by atoms with Gasteiger partial charge in [-0.2, -0.15) is 0 Å². The zero-order valence-corrected chi connectivity index (χ0v) is 17.3. The molecule has 3 rings (SSSR count). The maximum absolute atomic E-state index is 12.5. The zero-order valence-electron chi connectivity index (χ0n) is 17.3. The average Bonchev–Trinajstić information content (AvgIpc) is 2.78. The Labute approximate surface area is 172 Å². The molecule has 1 aliphatic rings. The molecule has 0 atom stereocenters. The summed E-state index contributed by atoms with van der Waals surface area (Å²) in [4.78, 5) is 16.6. The number of hydrogen-bond donors (Lipinski definition) is 1. The van der Waals surface area contributed by atoms with E-state index in [2.05, 4.69) is 16.4 Å². The molecule has 1 fully saturated rings. The highest BCUT2D eigenvalue weighted by Crippen LogP contribution is 2.38. The monoisotopic (exact) mass is 398 g/mol. The maximum atomic E-state index is 12.5. The Morgan fingerprint density at radius 2 is 1.97 bits per heavy atom. The van der Waals surface area contributed by atoms with Gasteiger partial charge in [0.25, 0.3) is 0 Å². The van der Waals surface area contributed by atoms with E-state index in [1.54, 1.807) is 20.4 Å². The number of ether oxygens (including phenoxy) is 3. The molecule has 0 aliphatic carbocycles. The highest BCUT2D eigenvalue weighted by atomic mass is 16.5. The smallest absolute Gasteiger partial charge is 0.220 e. The minimum absolute atomic E-state index is 0.0835. The molecule has 1 aromatic heterocycles. The van der Waals surface area contributed by atoms with Crippen LogP contribution in [0.1, 0.15) is 36.8 Å². The molecular formula is C23H30N2O4. The highest BCUT2D eigenvalue weighted by molar-refractivity contribution is 5.76. The molecule has 1 amide bonds. The first kappa shape index (κ1) is 21.1. The number of aryl methyl sites for hydroxylation is 1. The Morgan fingerprint density at radius 1 is 1.17 bits per heavy atom. The molecule has 0 bridgehead atoms. The number of amides is 1. The number of carbonyl (C=O) groups excluding carboxylic acids is 1. The first-order chi connectivity index (χ1) is 14.2. The Morgan fingerprint density at radius 3 is 2.66 bits per heavy atom. The van der Waals surface area contributed by atoms with Crippen LogP contribution in [0.2, 0.25) is 0 Å². The average molecular weight is 399 g/mol. The Kier molecular flexibility index (Phi) is 7.47. The van der Waals surface area contributed by atoms with Gasteiger partial charge in [0.2, 0.25) is 5.91 Å². The van der Waals surface area contributed by atoms with E-state index in [9.17, 15) is 4.79 Å². The van der Waals surface area contributed by atoms with Gasteiger partial charge in [-0.1, -0.05) is 12.1 Å². The molecule has 1 aliphatic heterocycles. The minimum atomic E-state index is -0.156. The molecule has 6 heteroatoms. The fraction of sp³-hybridized carbons (Fsp3) is 0.478. The highest BCUT2D eigenvalue weighted by Gasteiger charge is 2.35. The van der Waals surface area contributed by atoms with Crippen LogP contribution >= 0.6 is 0 Å². The summed E-state index contributed by atoms with van der Waals surface area (Å²) in [7, 11) is 3.27. The molecule has 0 saturated carbocycles. The van der Waals surface area contributed by atoms with Crippen molar-refractivity contribution in [2.24, 2.45) is 0 Å². The van der Waals surface area contributed by atoms with Gasteiger partial charge in [-0.15, -0.1) is 0 Å². The van der Waals surface area contributed by atoms with Gasteiger partial charge < -0.3 is 19.5 Å². The van der Waals surface area contributed by atoms with Crippen molar-refractivity contribution in [2.75, 3.05) is 34.0 Å². The first-order valence-corrected chi connectivity index (χ1v) is 10.1. The molecule has 2 heterocycles. The molecule has 6 nitrogen and oxygen atoms in total. The Bertz CT molecular complexity index is 789. The first-order valence-electron chi connectivity index (χ1n) is 10.1. The number of aromatic nitrogens is 1. The van der Waals surface area contributed by atoms with Gasteiger partial charge >= 0.3 is 0 Å². The quantitative estimate of drug-likeness (QED) is 0.702. The summed E-state index contributed by atoms with van der Waals surface area (Å²) in [6.45, 7) is 1.97. The maximum Gasteiger partial charge on any atom is 0.220 e. The predicted molar refractivity (Wildman–Crippen MR) is 111 cm³/mol. The second kappa shape index (κ2) is 10.3. The van der Waals surface area contributed by atoms with Crippen LogP contribution in [0.3, 0.4) is 0 Å². The molecule has 0 spiro atoms. The number of nitrogens with one attached hydrogen (secondary N) is 1. The minimum Gasteiger partial charge on any atom is -0.493 e. The lowest BCUT2D eigenvalue weighted by atomic mass is 9.74. The number of pyridine rings is 1. The van der Waals surface area contributed by atoms with Crippen molar-refractivity contribution in [2.45, 2.75) is 37.5 Å². The summed E-state index contributed by atoms with van der Waals surface area (Å²) in [5.74, 6) is 1.50. The molecule has 1 N–H and O–H groups in total. The number of rotatable bonds is 9. The number of hydrogen-bond acceptors (Lipinski definition) is 5. The van der Waals surface area contributed by atoms with Crippen molar-refractivity contribution < 1.29 is 19.0 Å². The standard InChI is InChI=1S/C23H30N2O4/c1-27-20-9-8-19(15-21(20)28-2)23(10-13-29-14-11-23)17-25-22(26)7-3-5-18-6-4-12-24-16-18/h4,6,8-9,12,15-16H,3,5,7,10-11,13-14,17H2,1-2H3,(H,25,26). The zero-order chi connectivity index (χ0) is 20.5. The van der Waals surface area contributed by atoms with E-state index in [-0.39, 0.29) is 11.3 Å². The van der Waals surface area contributed by atoms with Crippen molar-refractivity contribution in [1.29, 1.82) is 0 Å². The largest absolute Gasteiger partial charge is 0.493 e. The third-order valence-electron chi connectivity index (χ3n) is 5.66. The summed E-state index contributed by atoms with van der Waals surface area (Å²) in [5, 5.41) is 3.16. The van der Waals surface area contributed by atoms with Crippen molar-refractivity contribution in [1.82, 2.24) is 10.3 Å². The molecule has 1 aromatic carbocycles. The fourth-order valence-electron chi connectivity index (χ4n) is 3.85. The third kappa shape index (κ3) is 5.48. The SMILES string of the molecule is COc1ccc(C2(CNC(=O)CCCc3cccnc3)CCOCC2)cc1OC. The predicted octanol–water partition coefficient (Wildman–Crippen LogP) is 3.29. The molecular weight excluding hydrogens is 368 g/mol. The van der Waals surface area contributed by atoms with E-state index in [0.717, 1.165) is 36.8 Å². The van der Waals surface area contributed by atoms with Gasteiger partial charge in [-0.05, 0) is 55.0 Å². The van der Waals surface area contributed by atoms with Crippen LogP contribution in [0.15, 0.2) is 42.7 Å². The van der Waals surface area contributed by atoms with Crippen molar-refractivity contribution in [3.8, 4) is 11.5 Å². The summed E-state index contributed by atoms with van der Waals surface area (Å²) in [6, 6.07) is 9.99.